The molecule has 7 nitrogen and oxygen atoms in total. The third-order valence-electron chi connectivity index (χ3n) is 6.65. The lowest BCUT2D eigenvalue weighted by Crippen LogP contribution is -2.37. The number of nitrogens with zero attached hydrogens (tertiary/aromatic N) is 1. The van der Waals surface area contributed by atoms with E-state index in [4.69, 9.17) is 15.2 Å². The second-order valence-electron chi connectivity index (χ2n) is 10.1. The summed E-state index contributed by atoms with van der Waals surface area (Å²) in [5, 5.41) is 21.2. The lowest BCUT2D eigenvalue weighted by Gasteiger charge is -2.28. The van der Waals surface area contributed by atoms with Gasteiger partial charge in [-0.1, -0.05) is 0 Å². The molecule has 0 radical (unpaired) electrons. The first-order valence-electron chi connectivity index (χ1n) is 12.3. The van der Waals surface area contributed by atoms with Crippen molar-refractivity contribution in [3.05, 3.63) is 77.2 Å². The van der Waals surface area contributed by atoms with E-state index in [0.29, 0.717) is 39.6 Å². The van der Waals surface area contributed by atoms with Crippen LogP contribution in [-0.2, 0) is 11.1 Å². The smallest absolute Gasteiger partial charge is 0.163 e. The molecular formula is C29H33FN2O5. The first-order chi connectivity index (χ1) is 17.5. The highest BCUT2D eigenvalue weighted by Crippen LogP contribution is 2.35. The number of methoxy groups -OCH3 is 1. The summed E-state index contributed by atoms with van der Waals surface area (Å²) in [5.41, 5.74) is 6.13. The number of rotatable bonds is 11. The van der Waals surface area contributed by atoms with Gasteiger partial charge in [0.05, 0.1) is 36.7 Å². The molecule has 0 aliphatic heterocycles. The Kier molecular flexibility index (Phi) is 7.64. The number of hydrogen-bond acceptors (Lipinski definition) is 7. The first kappa shape index (κ1) is 26.7. The van der Waals surface area contributed by atoms with E-state index in [-0.39, 0.29) is 37.2 Å². The van der Waals surface area contributed by atoms with Crippen LogP contribution in [0, 0.1) is 5.82 Å². The zero-order valence-electron chi connectivity index (χ0n) is 21.3. The number of aliphatic hydroxyl groups excluding tert-OH is 1. The molecule has 37 heavy (non-hydrogen) atoms. The van der Waals surface area contributed by atoms with E-state index in [2.05, 4.69) is 4.98 Å². The van der Waals surface area contributed by atoms with Gasteiger partial charge in [0.15, 0.2) is 17.3 Å². The van der Waals surface area contributed by atoms with Crippen molar-refractivity contribution in [2.24, 2.45) is 5.73 Å². The fourth-order valence-electron chi connectivity index (χ4n) is 3.93. The largest absolute Gasteiger partial charge is 0.493 e. The van der Waals surface area contributed by atoms with Crippen molar-refractivity contribution in [1.29, 1.82) is 0 Å². The lowest BCUT2D eigenvalue weighted by atomic mass is 9.87. The molecule has 0 saturated heterocycles. The van der Waals surface area contributed by atoms with E-state index in [0.717, 1.165) is 12.8 Å². The predicted octanol–water partition coefficient (Wildman–Crippen LogP) is 4.47. The minimum absolute atomic E-state index is 0.0522. The van der Waals surface area contributed by atoms with Gasteiger partial charge in [-0.25, -0.2) is 9.37 Å². The second kappa shape index (κ2) is 10.6. The van der Waals surface area contributed by atoms with Gasteiger partial charge in [0.25, 0.3) is 0 Å². The van der Waals surface area contributed by atoms with E-state index in [1.807, 2.05) is 0 Å². The molecule has 1 fully saturated rings. The van der Waals surface area contributed by atoms with Crippen molar-refractivity contribution in [1.82, 2.24) is 4.98 Å². The summed E-state index contributed by atoms with van der Waals surface area (Å²) in [5.74, 6) is 0.560. The van der Waals surface area contributed by atoms with Crippen LogP contribution in [0.5, 0.6) is 11.5 Å². The van der Waals surface area contributed by atoms with Crippen LogP contribution in [0.4, 0.5) is 4.39 Å². The molecule has 2 atom stereocenters. The molecule has 1 heterocycles. The van der Waals surface area contributed by atoms with Crippen LogP contribution >= 0.6 is 0 Å². The number of nitrogens with two attached hydrogens (primary N) is 1. The Balaban J connectivity index is 1.57. The Morgan fingerprint density at radius 1 is 1.11 bits per heavy atom. The molecule has 0 spiro atoms. The average molecular weight is 509 g/mol. The van der Waals surface area contributed by atoms with Gasteiger partial charge in [-0.15, -0.1) is 0 Å². The number of hydrogen-bond donors (Lipinski definition) is 3. The Labute approximate surface area is 216 Å². The molecular weight excluding hydrogens is 475 g/mol. The number of aromatic nitrogens is 1. The molecule has 1 aromatic heterocycles. The van der Waals surface area contributed by atoms with E-state index < -0.39 is 11.1 Å². The van der Waals surface area contributed by atoms with Gasteiger partial charge in [-0.05, 0) is 93.3 Å². The summed E-state index contributed by atoms with van der Waals surface area (Å²) in [4.78, 5) is 17.6. The maximum Gasteiger partial charge on any atom is 0.163 e. The van der Waals surface area contributed by atoms with Crippen LogP contribution in [0.1, 0.15) is 61.1 Å². The summed E-state index contributed by atoms with van der Waals surface area (Å²) >= 11 is 0. The zero-order chi connectivity index (χ0) is 26.8. The zero-order valence-corrected chi connectivity index (χ0v) is 21.3. The monoisotopic (exact) mass is 508 g/mol. The standard InChI is InChI=1S/C29H33FN2O5/c1-28(31,17-33)20-15-23(18-4-7-21(30)8-5-18)32-27(16-20)29(2,35)13-12-24(34)19-6-11-25(26(14-19)36-3)37-22-9-10-22/h4-8,11,14-16,22,33,35H,9-10,12-13,17,31H2,1-3H3. The summed E-state index contributed by atoms with van der Waals surface area (Å²) in [6.45, 7) is 2.92. The van der Waals surface area contributed by atoms with Crippen molar-refractivity contribution in [2.45, 2.75) is 56.8 Å². The third kappa shape index (κ3) is 6.33. The SMILES string of the molecule is COc1cc(C(=O)CCC(C)(O)c2cc(C(C)(N)CO)cc(-c3ccc(F)cc3)n2)ccc1OC1CC1. The number of aliphatic hydroxyl groups is 2. The summed E-state index contributed by atoms with van der Waals surface area (Å²) < 4.78 is 24.7. The Morgan fingerprint density at radius 3 is 2.43 bits per heavy atom. The van der Waals surface area contributed by atoms with Gasteiger partial charge in [-0.2, -0.15) is 0 Å². The fraction of sp³-hybridized carbons (Fsp3) is 0.379. The van der Waals surface area contributed by atoms with Crippen molar-refractivity contribution in [3.63, 3.8) is 0 Å². The minimum atomic E-state index is -1.48. The van der Waals surface area contributed by atoms with Gasteiger partial charge >= 0.3 is 0 Å². The number of pyridine rings is 1. The van der Waals surface area contributed by atoms with Crippen molar-refractivity contribution < 1.29 is 28.9 Å². The maximum absolute atomic E-state index is 13.5. The number of ketones is 1. The van der Waals surface area contributed by atoms with Gasteiger partial charge in [0, 0.05) is 17.5 Å². The highest BCUT2D eigenvalue weighted by Gasteiger charge is 2.30. The number of carbonyl (C=O) groups is 1. The van der Waals surface area contributed by atoms with Gasteiger partial charge in [0.2, 0.25) is 0 Å². The van der Waals surface area contributed by atoms with Crippen LogP contribution in [0.2, 0.25) is 0 Å². The summed E-state index contributed by atoms with van der Waals surface area (Å²) in [7, 11) is 1.53. The van der Waals surface area contributed by atoms with Gasteiger partial charge in [-0.3, -0.25) is 4.79 Å². The molecule has 2 aromatic carbocycles. The molecule has 1 saturated carbocycles. The number of carbonyl (C=O) groups excluding carboxylic acids is 1. The molecule has 1 aliphatic rings. The first-order valence-corrected chi connectivity index (χ1v) is 12.3. The van der Waals surface area contributed by atoms with Crippen LogP contribution in [0.15, 0.2) is 54.6 Å². The quantitative estimate of drug-likeness (QED) is 0.327. The minimum Gasteiger partial charge on any atom is -0.493 e. The maximum atomic E-state index is 13.5. The molecule has 8 heteroatoms. The fourth-order valence-corrected chi connectivity index (χ4v) is 3.93. The summed E-state index contributed by atoms with van der Waals surface area (Å²) in [6.07, 6.45) is 2.37. The van der Waals surface area contributed by atoms with Crippen LogP contribution in [-0.4, -0.2) is 40.8 Å². The topological polar surface area (TPSA) is 115 Å². The van der Waals surface area contributed by atoms with E-state index >= 15 is 0 Å². The van der Waals surface area contributed by atoms with Gasteiger partial charge < -0.3 is 25.4 Å². The Bertz CT molecular complexity index is 1270. The highest BCUT2D eigenvalue weighted by atomic mass is 19.1. The van der Waals surface area contributed by atoms with E-state index in [1.165, 1.54) is 19.2 Å². The molecule has 4 rings (SSSR count). The lowest BCUT2D eigenvalue weighted by molar-refractivity contribution is 0.0395. The molecule has 0 amide bonds. The summed E-state index contributed by atoms with van der Waals surface area (Å²) in [6, 6.07) is 14.3. The van der Waals surface area contributed by atoms with Gasteiger partial charge in [0.1, 0.15) is 11.4 Å². The van der Waals surface area contributed by atoms with Crippen LogP contribution in [0.25, 0.3) is 11.3 Å². The predicted molar refractivity (Wildman–Crippen MR) is 138 cm³/mol. The van der Waals surface area contributed by atoms with Crippen molar-refractivity contribution in [3.8, 4) is 22.8 Å². The van der Waals surface area contributed by atoms with Crippen molar-refractivity contribution >= 4 is 5.78 Å². The second-order valence-corrected chi connectivity index (χ2v) is 10.1. The number of halogens is 1. The normalized spacial score (nSPS) is 16.5. The molecule has 0 bridgehead atoms. The van der Waals surface area contributed by atoms with E-state index in [1.54, 1.807) is 56.3 Å². The number of ether oxygens (including phenoxy) is 2. The number of Topliss-reactive ketones (excluding diaryl/α,β-unsaturated/α-hetero) is 1. The van der Waals surface area contributed by atoms with Crippen LogP contribution in [0.3, 0.4) is 0 Å². The average Bonchev–Trinajstić information content (AvgIpc) is 3.71. The van der Waals surface area contributed by atoms with Crippen LogP contribution < -0.4 is 15.2 Å². The molecule has 196 valence electrons. The van der Waals surface area contributed by atoms with E-state index in [9.17, 15) is 19.4 Å². The third-order valence-corrected chi connectivity index (χ3v) is 6.65. The number of benzene rings is 2. The Morgan fingerprint density at radius 2 is 1.81 bits per heavy atom. The molecule has 4 N–H and O–H groups in total. The molecule has 2 unspecified atom stereocenters. The highest BCUT2D eigenvalue weighted by molar-refractivity contribution is 5.96. The molecule has 3 aromatic rings. The van der Waals surface area contributed by atoms with Crippen molar-refractivity contribution in [2.75, 3.05) is 13.7 Å². The molecule has 1 aliphatic carbocycles. The Hall–Kier alpha value is -3.33.